The van der Waals surface area contributed by atoms with E-state index in [4.69, 9.17) is 0 Å². The first-order valence-electron chi connectivity index (χ1n) is 6.55. The van der Waals surface area contributed by atoms with Gasteiger partial charge in [0.15, 0.2) is 11.6 Å². The normalized spacial score (nSPS) is 12.0. The quantitative estimate of drug-likeness (QED) is 0.890. The third-order valence-corrected chi connectivity index (χ3v) is 3.08. The van der Waals surface area contributed by atoms with E-state index in [2.05, 4.69) is 5.32 Å². The third kappa shape index (κ3) is 3.86. The van der Waals surface area contributed by atoms with Gasteiger partial charge in [-0.05, 0) is 24.1 Å². The Morgan fingerprint density at radius 1 is 1.10 bits per heavy atom. The first kappa shape index (κ1) is 15.1. The summed E-state index contributed by atoms with van der Waals surface area (Å²) in [5, 5.41) is 12.4. The van der Waals surface area contributed by atoms with Crippen LogP contribution in [0.3, 0.4) is 0 Å². The highest BCUT2D eigenvalue weighted by atomic mass is 19.2. The zero-order chi connectivity index (χ0) is 15.2. The molecule has 5 heteroatoms. The van der Waals surface area contributed by atoms with Crippen LogP contribution in [-0.4, -0.2) is 17.6 Å². The van der Waals surface area contributed by atoms with E-state index in [1.54, 1.807) is 24.3 Å². The number of carbonyl (C=O) groups is 1. The molecule has 2 rings (SSSR count). The molecule has 0 saturated carbocycles. The molecule has 2 aromatic rings. The van der Waals surface area contributed by atoms with Gasteiger partial charge in [0, 0.05) is 6.54 Å². The van der Waals surface area contributed by atoms with Crippen molar-refractivity contribution < 1.29 is 18.7 Å². The second-order valence-electron chi connectivity index (χ2n) is 4.57. The molecule has 0 spiro atoms. The Bertz CT molecular complexity index is 617. The molecule has 0 aromatic heterocycles. The largest absolute Gasteiger partial charge is 0.388 e. The summed E-state index contributed by atoms with van der Waals surface area (Å²) in [5.41, 5.74) is 0.396. The smallest absolute Gasteiger partial charge is 0.254 e. The van der Waals surface area contributed by atoms with E-state index in [1.165, 1.54) is 12.1 Å². The van der Waals surface area contributed by atoms with Crippen LogP contribution >= 0.6 is 0 Å². The zero-order valence-corrected chi connectivity index (χ0v) is 11.2. The fraction of sp³-hybridized carbons (Fsp3) is 0.188. The van der Waals surface area contributed by atoms with Gasteiger partial charge in [0.25, 0.3) is 5.91 Å². The van der Waals surface area contributed by atoms with Gasteiger partial charge in [0.2, 0.25) is 0 Å². The summed E-state index contributed by atoms with van der Waals surface area (Å²) < 4.78 is 26.4. The molecule has 0 fully saturated rings. The number of halogens is 2. The van der Waals surface area contributed by atoms with E-state index in [9.17, 15) is 18.7 Å². The van der Waals surface area contributed by atoms with E-state index in [-0.39, 0.29) is 18.5 Å². The van der Waals surface area contributed by atoms with Gasteiger partial charge in [-0.1, -0.05) is 36.4 Å². The van der Waals surface area contributed by atoms with Crippen molar-refractivity contribution in [2.75, 3.05) is 6.54 Å². The Morgan fingerprint density at radius 2 is 1.81 bits per heavy atom. The van der Waals surface area contributed by atoms with Crippen LogP contribution in [0.15, 0.2) is 48.5 Å². The Hall–Kier alpha value is -2.27. The number of hydrogen-bond acceptors (Lipinski definition) is 2. The van der Waals surface area contributed by atoms with Gasteiger partial charge in [-0.15, -0.1) is 0 Å². The summed E-state index contributed by atoms with van der Waals surface area (Å²) in [6, 6.07) is 12.4. The Morgan fingerprint density at radius 3 is 2.52 bits per heavy atom. The van der Waals surface area contributed by atoms with Crippen LogP contribution in [0.25, 0.3) is 0 Å². The predicted octanol–water partition coefficient (Wildman–Crippen LogP) is 2.82. The van der Waals surface area contributed by atoms with Gasteiger partial charge in [0.1, 0.15) is 0 Å². The highest BCUT2D eigenvalue weighted by Gasteiger charge is 2.15. The monoisotopic (exact) mass is 291 g/mol. The lowest BCUT2D eigenvalue weighted by Gasteiger charge is -2.12. The standard InChI is InChI=1S/C16H15F2NO2/c17-13-8-4-7-12(15(13)18)16(21)19-10-9-14(20)11-5-2-1-3-6-11/h1-8,14,20H,9-10H2,(H,19,21). The summed E-state index contributed by atoms with van der Waals surface area (Å²) in [4.78, 5) is 11.7. The number of amides is 1. The van der Waals surface area contributed by atoms with Crippen molar-refractivity contribution in [1.29, 1.82) is 0 Å². The van der Waals surface area contributed by atoms with Gasteiger partial charge in [-0.2, -0.15) is 0 Å². The second kappa shape index (κ2) is 6.95. The third-order valence-electron chi connectivity index (χ3n) is 3.08. The molecule has 1 amide bonds. The topological polar surface area (TPSA) is 49.3 Å². The summed E-state index contributed by atoms with van der Waals surface area (Å²) in [6.45, 7) is 0.158. The number of aliphatic hydroxyl groups excluding tert-OH is 1. The summed E-state index contributed by atoms with van der Waals surface area (Å²) >= 11 is 0. The summed E-state index contributed by atoms with van der Waals surface area (Å²) in [7, 11) is 0. The van der Waals surface area contributed by atoms with E-state index < -0.39 is 23.6 Å². The van der Waals surface area contributed by atoms with Crippen molar-refractivity contribution in [1.82, 2.24) is 5.32 Å². The number of nitrogens with one attached hydrogen (secondary N) is 1. The van der Waals surface area contributed by atoms with E-state index in [0.29, 0.717) is 0 Å². The van der Waals surface area contributed by atoms with Gasteiger partial charge in [-0.3, -0.25) is 4.79 Å². The van der Waals surface area contributed by atoms with E-state index >= 15 is 0 Å². The molecule has 21 heavy (non-hydrogen) atoms. The molecular weight excluding hydrogens is 276 g/mol. The second-order valence-corrected chi connectivity index (χ2v) is 4.57. The number of benzene rings is 2. The first-order valence-corrected chi connectivity index (χ1v) is 6.55. The maximum absolute atomic E-state index is 13.4. The molecular formula is C16H15F2NO2. The Kier molecular flexibility index (Phi) is 5.00. The minimum Gasteiger partial charge on any atom is -0.388 e. The molecule has 0 aliphatic carbocycles. The predicted molar refractivity (Wildman–Crippen MR) is 74.7 cm³/mol. The molecule has 0 heterocycles. The number of carbonyl (C=O) groups excluding carboxylic acids is 1. The first-order chi connectivity index (χ1) is 10.1. The highest BCUT2D eigenvalue weighted by molar-refractivity contribution is 5.94. The van der Waals surface area contributed by atoms with Crippen molar-refractivity contribution in [3.05, 3.63) is 71.3 Å². The molecule has 110 valence electrons. The van der Waals surface area contributed by atoms with Crippen molar-refractivity contribution in [3.8, 4) is 0 Å². The number of rotatable bonds is 5. The Balaban J connectivity index is 1.89. The molecule has 2 N–H and O–H groups in total. The molecule has 1 unspecified atom stereocenters. The van der Waals surface area contributed by atoms with Crippen LogP contribution in [0.1, 0.15) is 28.4 Å². The van der Waals surface area contributed by atoms with Crippen LogP contribution in [0.2, 0.25) is 0 Å². The van der Waals surface area contributed by atoms with E-state index in [1.807, 2.05) is 6.07 Å². The molecule has 0 aliphatic heterocycles. The molecule has 0 saturated heterocycles. The van der Waals surface area contributed by atoms with Gasteiger partial charge >= 0.3 is 0 Å². The molecule has 3 nitrogen and oxygen atoms in total. The van der Waals surface area contributed by atoms with E-state index in [0.717, 1.165) is 11.6 Å². The fourth-order valence-electron chi connectivity index (χ4n) is 1.94. The summed E-state index contributed by atoms with van der Waals surface area (Å²) in [5.74, 6) is -2.93. The van der Waals surface area contributed by atoms with Gasteiger partial charge in [0.05, 0.1) is 11.7 Å². The maximum Gasteiger partial charge on any atom is 0.254 e. The SMILES string of the molecule is O=C(NCCC(O)c1ccccc1)c1cccc(F)c1F. The van der Waals surface area contributed by atoms with Crippen LogP contribution in [0.4, 0.5) is 8.78 Å². The average Bonchev–Trinajstić information content (AvgIpc) is 2.50. The number of aliphatic hydroxyl groups is 1. The van der Waals surface area contributed by atoms with Crippen LogP contribution in [-0.2, 0) is 0 Å². The summed E-state index contributed by atoms with van der Waals surface area (Å²) in [6.07, 6.45) is -0.434. The van der Waals surface area contributed by atoms with Crippen LogP contribution < -0.4 is 5.32 Å². The highest BCUT2D eigenvalue weighted by Crippen LogP contribution is 2.15. The van der Waals surface area contributed by atoms with Crippen LogP contribution in [0, 0.1) is 11.6 Å². The lowest BCUT2D eigenvalue weighted by molar-refractivity contribution is 0.0937. The average molecular weight is 291 g/mol. The number of hydrogen-bond donors (Lipinski definition) is 2. The molecule has 0 radical (unpaired) electrons. The molecule has 2 aromatic carbocycles. The van der Waals surface area contributed by atoms with Crippen molar-refractivity contribution in [2.24, 2.45) is 0 Å². The minimum absolute atomic E-state index is 0.158. The van der Waals surface area contributed by atoms with Gasteiger partial charge < -0.3 is 10.4 Å². The van der Waals surface area contributed by atoms with Crippen molar-refractivity contribution >= 4 is 5.91 Å². The molecule has 0 aliphatic rings. The van der Waals surface area contributed by atoms with Crippen molar-refractivity contribution in [2.45, 2.75) is 12.5 Å². The molecule has 0 bridgehead atoms. The minimum atomic E-state index is -1.17. The lowest BCUT2D eigenvalue weighted by Crippen LogP contribution is -2.26. The fourth-order valence-corrected chi connectivity index (χ4v) is 1.94. The van der Waals surface area contributed by atoms with Crippen molar-refractivity contribution in [3.63, 3.8) is 0 Å². The van der Waals surface area contributed by atoms with Crippen LogP contribution in [0.5, 0.6) is 0 Å². The molecule has 1 atom stereocenters. The Labute approximate surface area is 121 Å². The lowest BCUT2D eigenvalue weighted by atomic mass is 10.1. The zero-order valence-electron chi connectivity index (χ0n) is 11.2. The maximum atomic E-state index is 13.4. The van der Waals surface area contributed by atoms with Gasteiger partial charge in [-0.25, -0.2) is 8.78 Å².